The average Bonchev–Trinajstić information content (AvgIpc) is 2.98. The molecule has 0 amide bonds. The summed E-state index contributed by atoms with van der Waals surface area (Å²) in [5.74, 6) is -1.21. The number of aliphatic hydroxyl groups excluding tert-OH is 3. The first-order valence-corrected chi connectivity index (χ1v) is 15.7. The molecule has 0 aliphatic carbocycles. The van der Waals surface area contributed by atoms with Gasteiger partial charge in [0, 0.05) is 31.3 Å². The predicted octanol–water partition coefficient (Wildman–Crippen LogP) is 4.43. The van der Waals surface area contributed by atoms with Crippen LogP contribution in [0, 0.1) is 11.3 Å². The number of fused-ring (bicyclic) bond motifs is 4. The minimum absolute atomic E-state index is 0.0163. The van der Waals surface area contributed by atoms with Gasteiger partial charge in [-0.25, -0.2) is 9.59 Å². The molecule has 2 fully saturated rings. The fraction of sp³-hybridized carbons (Fsp3) is 0.600. The maximum atomic E-state index is 12.9. The Hall–Kier alpha value is -2.82. The standard InChI is InChI=1S/C35H50O9/c1-5-41-34(40)28(37)17-12-13-18-31-35(4,23-36)32-22-27(43-31)16-9-6-8-14-24(2)20-30-25(3)29(38)21-26(42-30)15-10-7-11-19-33(39)44-32/h7-14,16,19-20,25-32,36-38H,5-6,15,17-18,21-23H2,1-4H3/t25-,26+,27-,28?,29+,30-,31+,32-,35+/m1/s1. The Morgan fingerprint density at radius 3 is 2.70 bits per heavy atom. The van der Waals surface area contributed by atoms with Crippen molar-refractivity contribution in [2.75, 3.05) is 13.2 Å². The fourth-order valence-electron chi connectivity index (χ4n) is 5.67. The van der Waals surface area contributed by atoms with Crippen molar-refractivity contribution in [3.05, 3.63) is 72.4 Å². The van der Waals surface area contributed by atoms with E-state index >= 15 is 0 Å². The fourth-order valence-corrected chi connectivity index (χ4v) is 5.67. The molecule has 1 unspecified atom stereocenters. The van der Waals surface area contributed by atoms with E-state index in [2.05, 4.69) is 6.08 Å². The molecule has 0 aromatic rings. The second-order valence-corrected chi connectivity index (χ2v) is 12.1. The van der Waals surface area contributed by atoms with Gasteiger partial charge < -0.3 is 34.3 Å². The van der Waals surface area contributed by atoms with E-state index in [9.17, 15) is 24.9 Å². The molecule has 244 valence electrons. The Morgan fingerprint density at radius 1 is 1.16 bits per heavy atom. The van der Waals surface area contributed by atoms with Gasteiger partial charge in [-0.2, -0.15) is 0 Å². The quantitative estimate of drug-likeness (QED) is 0.281. The third kappa shape index (κ3) is 10.4. The van der Waals surface area contributed by atoms with E-state index in [1.807, 2.05) is 51.2 Å². The smallest absolute Gasteiger partial charge is 0.335 e. The molecule has 3 aliphatic rings. The summed E-state index contributed by atoms with van der Waals surface area (Å²) in [4.78, 5) is 24.6. The van der Waals surface area contributed by atoms with Gasteiger partial charge in [-0.05, 0) is 33.1 Å². The van der Waals surface area contributed by atoms with Gasteiger partial charge in [0.05, 0.1) is 49.1 Å². The van der Waals surface area contributed by atoms with Crippen molar-refractivity contribution in [3.63, 3.8) is 0 Å². The van der Waals surface area contributed by atoms with Crippen molar-refractivity contribution in [2.24, 2.45) is 11.3 Å². The molecule has 3 heterocycles. The first-order chi connectivity index (χ1) is 21.1. The van der Waals surface area contributed by atoms with Crippen LogP contribution < -0.4 is 0 Å². The van der Waals surface area contributed by atoms with E-state index in [-0.39, 0.29) is 43.9 Å². The minimum Gasteiger partial charge on any atom is -0.464 e. The van der Waals surface area contributed by atoms with Gasteiger partial charge in [-0.15, -0.1) is 0 Å². The number of ether oxygens (including phenoxy) is 4. The zero-order chi connectivity index (χ0) is 32.1. The monoisotopic (exact) mass is 614 g/mol. The van der Waals surface area contributed by atoms with Crippen molar-refractivity contribution in [1.82, 2.24) is 0 Å². The summed E-state index contributed by atoms with van der Waals surface area (Å²) in [6.07, 6.45) is 19.4. The molecular weight excluding hydrogens is 564 g/mol. The van der Waals surface area contributed by atoms with E-state index in [1.54, 1.807) is 31.2 Å². The minimum atomic E-state index is -1.25. The highest BCUT2D eigenvalue weighted by atomic mass is 16.6. The van der Waals surface area contributed by atoms with Gasteiger partial charge in [0.25, 0.3) is 0 Å². The molecule has 9 nitrogen and oxygen atoms in total. The third-order valence-electron chi connectivity index (χ3n) is 8.58. The molecule has 0 aromatic carbocycles. The highest BCUT2D eigenvalue weighted by Gasteiger charge is 2.49. The summed E-state index contributed by atoms with van der Waals surface area (Å²) in [7, 11) is 0. The Bertz CT molecular complexity index is 1120. The van der Waals surface area contributed by atoms with E-state index in [4.69, 9.17) is 18.9 Å². The Balaban J connectivity index is 1.80. The van der Waals surface area contributed by atoms with Gasteiger partial charge in [-0.3, -0.25) is 0 Å². The third-order valence-corrected chi connectivity index (χ3v) is 8.58. The zero-order valence-electron chi connectivity index (χ0n) is 26.4. The second-order valence-electron chi connectivity index (χ2n) is 12.1. The molecule has 9 heteroatoms. The number of hydrogen-bond donors (Lipinski definition) is 3. The van der Waals surface area contributed by atoms with Gasteiger partial charge in [0.1, 0.15) is 6.10 Å². The molecule has 4 bridgehead atoms. The van der Waals surface area contributed by atoms with E-state index < -0.39 is 41.8 Å². The van der Waals surface area contributed by atoms with Crippen LogP contribution in [0.1, 0.15) is 66.2 Å². The highest BCUT2D eigenvalue weighted by Crippen LogP contribution is 2.41. The summed E-state index contributed by atoms with van der Waals surface area (Å²) in [6, 6.07) is 0. The molecule has 3 N–H and O–H groups in total. The lowest BCUT2D eigenvalue weighted by Gasteiger charge is -2.47. The number of rotatable bonds is 7. The van der Waals surface area contributed by atoms with E-state index in [0.717, 1.165) is 5.57 Å². The van der Waals surface area contributed by atoms with Crippen LogP contribution in [0.2, 0.25) is 0 Å². The van der Waals surface area contributed by atoms with Crippen LogP contribution in [0.4, 0.5) is 0 Å². The van der Waals surface area contributed by atoms with Crippen LogP contribution in [0.3, 0.4) is 0 Å². The van der Waals surface area contributed by atoms with Gasteiger partial charge in [0.15, 0.2) is 6.10 Å². The van der Waals surface area contributed by atoms with Crippen LogP contribution in [0.15, 0.2) is 72.4 Å². The highest BCUT2D eigenvalue weighted by molar-refractivity contribution is 5.82. The summed E-state index contributed by atoms with van der Waals surface area (Å²) in [6.45, 7) is 7.46. The van der Waals surface area contributed by atoms with Gasteiger partial charge in [-0.1, -0.05) is 80.2 Å². The first-order valence-electron chi connectivity index (χ1n) is 15.7. The van der Waals surface area contributed by atoms with Gasteiger partial charge in [0.2, 0.25) is 0 Å². The lowest BCUT2D eigenvalue weighted by Crippen LogP contribution is -2.55. The lowest BCUT2D eigenvalue weighted by atomic mass is 9.73. The second kappa shape index (κ2) is 17.6. The molecule has 3 aliphatic heterocycles. The van der Waals surface area contributed by atoms with E-state index in [1.165, 1.54) is 6.08 Å². The molecule has 0 saturated carbocycles. The summed E-state index contributed by atoms with van der Waals surface area (Å²) in [5.41, 5.74) is 0.162. The summed E-state index contributed by atoms with van der Waals surface area (Å²) < 4.78 is 23.4. The van der Waals surface area contributed by atoms with Crippen molar-refractivity contribution >= 4 is 11.9 Å². The molecule has 9 atom stereocenters. The Morgan fingerprint density at radius 2 is 1.95 bits per heavy atom. The molecule has 3 rings (SSSR count). The van der Waals surface area contributed by atoms with Crippen LogP contribution in [-0.4, -0.2) is 83.2 Å². The maximum absolute atomic E-state index is 12.9. The molecule has 2 saturated heterocycles. The van der Waals surface area contributed by atoms with Crippen molar-refractivity contribution in [2.45, 2.75) is 109 Å². The molecule has 0 aromatic heterocycles. The molecule has 0 spiro atoms. The van der Waals surface area contributed by atoms with Crippen molar-refractivity contribution in [1.29, 1.82) is 0 Å². The first kappa shape index (κ1) is 35.7. The SMILES string of the molecule is CCOC(=O)C(O)CC=CC[C@@H]1O[C@@H]2C=CCC=CC(C)=C[C@H]3O[C@@H](CC=CC=CC(=O)O[C@H](C2)[C@@]1(C)CO)C[C@H](O)[C@H]3C. The maximum Gasteiger partial charge on any atom is 0.335 e. The van der Waals surface area contributed by atoms with Crippen LogP contribution >= 0.6 is 0 Å². The Kier molecular flexibility index (Phi) is 14.3. The Labute approximate surface area is 261 Å². The van der Waals surface area contributed by atoms with E-state index in [0.29, 0.717) is 32.1 Å². The van der Waals surface area contributed by atoms with Crippen molar-refractivity contribution in [3.8, 4) is 0 Å². The normalized spacial score (nSPS) is 34.3. The summed E-state index contributed by atoms with van der Waals surface area (Å²) in [5, 5.41) is 31.1. The number of carbonyl (C=O) groups is 2. The number of hydrogen-bond acceptors (Lipinski definition) is 9. The topological polar surface area (TPSA) is 132 Å². The molecule has 0 radical (unpaired) electrons. The van der Waals surface area contributed by atoms with Crippen LogP contribution in [0.5, 0.6) is 0 Å². The van der Waals surface area contributed by atoms with Crippen molar-refractivity contribution < 1.29 is 43.9 Å². The number of esters is 2. The van der Waals surface area contributed by atoms with Crippen LogP contribution in [-0.2, 0) is 28.5 Å². The number of allylic oxidation sites excluding steroid dienone is 6. The average molecular weight is 615 g/mol. The number of aliphatic hydroxyl groups is 3. The zero-order valence-corrected chi connectivity index (χ0v) is 26.4. The van der Waals surface area contributed by atoms with Gasteiger partial charge >= 0.3 is 11.9 Å². The lowest BCUT2D eigenvalue weighted by molar-refractivity contribution is -0.198. The predicted molar refractivity (Wildman–Crippen MR) is 167 cm³/mol. The number of carbonyl (C=O) groups excluding carboxylic acids is 2. The largest absolute Gasteiger partial charge is 0.464 e. The molecular formula is C35H50O9. The molecule has 44 heavy (non-hydrogen) atoms. The van der Waals surface area contributed by atoms with Crippen LogP contribution in [0.25, 0.3) is 0 Å². The summed E-state index contributed by atoms with van der Waals surface area (Å²) >= 11 is 0.